The molecule has 1 aliphatic carbocycles. The summed E-state index contributed by atoms with van der Waals surface area (Å²) >= 11 is 0. The first-order valence-corrected chi connectivity index (χ1v) is 10.4. The fourth-order valence-corrected chi connectivity index (χ4v) is 4.25. The molecule has 0 radical (unpaired) electrons. The molecule has 5 heteroatoms. The number of carboxylic acids is 1. The van der Waals surface area contributed by atoms with E-state index < -0.39 is 5.97 Å². The van der Waals surface area contributed by atoms with E-state index >= 15 is 0 Å². The Hall–Kier alpha value is -3.21. The highest BCUT2D eigenvalue weighted by Crippen LogP contribution is 2.37. The van der Waals surface area contributed by atoms with Gasteiger partial charge in [0.25, 0.3) is 0 Å². The molecule has 30 heavy (non-hydrogen) atoms. The van der Waals surface area contributed by atoms with Crippen LogP contribution in [-0.2, 0) is 4.79 Å². The van der Waals surface area contributed by atoms with Gasteiger partial charge in [0.1, 0.15) is 11.6 Å². The molecule has 154 valence electrons. The summed E-state index contributed by atoms with van der Waals surface area (Å²) < 4.78 is 13.4. The van der Waals surface area contributed by atoms with Gasteiger partial charge in [-0.1, -0.05) is 36.4 Å². The quantitative estimate of drug-likeness (QED) is 0.500. The average molecular weight is 404 g/mol. The first-order chi connectivity index (χ1) is 14.6. The van der Waals surface area contributed by atoms with Crippen LogP contribution >= 0.6 is 0 Å². The Bertz CT molecular complexity index is 1010. The second kappa shape index (κ2) is 9.08. The highest BCUT2D eigenvalue weighted by Gasteiger charge is 2.23. The molecule has 2 aromatic carbocycles. The standard InChI is InChI=1S/C25H25FN2O2/c26-21-3-1-4-22(16-21)27-24-6-2-5-23(28-24)20-13-11-19(12-14-20)18-9-7-17(8-10-18)15-25(29)30/h1-6,11-14,16-18H,7-10,15H2,(H,27,28)(H,29,30). The summed E-state index contributed by atoms with van der Waals surface area (Å²) in [4.78, 5) is 15.6. The first kappa shape index (κ1) is 20.1. The lowest BCUT2D eigenvalue weighted by Crippen LogP contribution is -2.16. The van der Waals surface area contributed by atoms with Crippen molar-refractivity contribution in [2.45, 2.75) is 38.0 Å². The minimum atomic E-state index is -0.690. The van der Waals surface area contributed by atoms with Crippen molar-refractivity contribution in [2.24, 2.45) is 5.92 Å². The van der Waals surface area contributed by atoms with E-state index in [1.165, 1.54) is 17.7 Å². The molecule has 0 bridgehead atoms. The highest BCUT2D eigenvalue weighted by molar-refractivity contribution is 5.67. The van der Waals surface area contributed by atoms with Gasteiger partial charge in [0.05, 0.1) is 5.69 Å². The number of carboxylic acid groups (broad SMARTS) is 1. The zero-order valence-corrected chi connectivity index (χ0v) is 16.7. The van der Waals surface area contributed by atoms with E-state index in [1.54, 1.807) is 12.1 Å². The SMILES string of the molecule is O=C(O)CC1CCC(c2ccc(-c3cccc(Nc4cccc(F)c4)n3)cc2)CC1. The van der Waals surface area contributed by atoms with Gasteiger partial charge < -0.3 is 10.4 Å². The summed E-state index contributed by atoms with van der Waals surface area (Å²) in [6.45, 7) is 0. The predicted octanol–water partition coefficient (Wildman–Crippen LogP) is 6.38. The van der Waals surface area contributed by atoms with Crippen LogP contribution in [0.15, 0.2) is 66.7 Å². The Balaban J connectivity index is 1.42. The van der Waals surface area contributed by atoms with Crippen molar-refractivity contribution in [1.82, 2.24) is 4.98 Å². The number of halogens is 1. The second-order valence-corrected chi connectivity index (χ2v) is 7.98. The number of hydrogen-bond donors (Lipinski definition) is 2. The number of hydrogen-bond acceptors (Lipinski definition) is 3. The maximum Gasteiger partial charge on any atom is 0.303 e. The average Bonchev–Trinajstić information content (AvgIpc) is 2.74. The Labute approximate surface area is 175 Å². The van der Waals surface area contributed by atoms with Crippen LogP contribution in [0.5, 0.6) is 0 Å². The van der Waals surface area contributed by atoms with Crippen LogP contribution in [0, 0.1) is 11.7 Å². The molecular formula is C25H25FN2O2. The van der Waals surface area contributed by atoms with Crippen LogP contribution in [0.2, 0.25) is 0 Å². The van der Waals surface area contributed by atoms with Crippen LogP contribution in [-0.4, -0.2) is 16.1 Å². The van der Waals surface area contributed by atoms with Crippen molar-refractivity contribution < 1.29 is 14.3 Å². The van der Waals surface area contributed by atoms with Gasteiger partial charge >= 0.3 is 5.97 Å². The number of pyridine rings is 1. The third-order valence-corrected chi connectivity index (χ3v) is 5.83. The largest absolute Gasteiger partial charge is 0.481 e. The number of aromatic nitrogens is 1. The second-order valence-electron chi connectivity index (χ2n) is 7.98. The molecule has 4 nitrogen and oxygen atoms in total. The molecule has 0 saturated heterocycles. The third kappa shape index (κ3) is 5.03. The van der Waals surface area contributed by atoms with E-state index in [4.69, 9.17) is 5.11 Å². The fourth-order valence-electron chi connectivity index (χ4n) is 4.25. The molecule has 0 unspecified atom stereocenters. The van der Waals surface area contributed by atoms with E-state index in [2.05, 4.69) is 34.6 Å². The van der Waals surface area contributed by atoms with Crippen molar-refractivity contribution in [1.29, 1.82) is 0 Å². The first-order valence-electron chi connectivity index (χ1n) is 10.4. The van der Waals surface area contributed by atoms with Crippen molar-refractivity contribution in [2.75, 3.05) is 5.32 Å². The zero-order chi connectivity index (χ0) is 20.9. The number of benzene rings is 2. The lowest BCUT2D eigenvalue weighted by Gasteiger charge is -2.28. The summed E-state index contributed by atoms with van der Waals surface area (Å²) in [5.41, 5.74) is 3.85. The molecule has 1 saturated carbocycles. The molecule has 1 fully saturated rings. The Morgan fingerprint density at radius 3 is 2.43 bits per heavy atom. The number of carbonyl (C=O) groups is 1. The summed E-state index contributed by atoms with van der Waals surface area (Å²) in [5, 5.41) is 12.1. The number of rotatable bonds is 6. The van der Waals surface area contributed by atoms with Gasteiger partial charge in [-0.25, -0.2) is 9.37 Å². The van der Waals surface area contributed by atoms with Gasteiger partial charge in [0.15, 0.2) is 0 Å². The molecule has 2 N–H and O–H groups in total. The predicted molar refractivity (Wildman–Crippen MR) is 116 cm³/mol. The third-order valence-electron chi connectivity index (χ3n) is 5.83. The molecule has 0 atom stereocenters. The van der Waals surface area contributed by atoms with Gasteiger partial charge in [-0.2, -0.15) is 0 Å². The topological polar surface area (TPSA) is 62.2 Å². The van der Waals surface area contributed by atoms with Crippen molar-refractivity contribution in [3.05, 3.63) is 78.1 Å². The summed E-state index contributed by atoms with van der Waals surface area (Å²) in [6.07, 6.45) is 4.34. The van der Waals surface area contributed by atoms with Crippen molar-refractivity contribution in [3.8, 4) is 11.3 Å². The molecular weight excluding hydrogens is 379 g/mol. The van der Waals surface area contributed by atoms with Gasteiger partial charge in [-0.3, -0.25) is 4.79 Å². The molecule has 0 aliphatic heterocycles. The van der Waals surface area contributed by atoms with Crippen LogP contribution in [0.25, 0.3) is 11.3 Å². The minimum absolute atomic E-state index is 0.288. The molecule has 1 aliphatic rings. The van der Waals surface area contributed by atoms with Gasteiger partial charge in [0.2, 0.25) is 0 Å². The van der Waals surface area contributed by atoms with E-state index in [0.717, 1.165) is 36.9 Å². The smallest absolute Gasteiger partial charge is 0.303 e. The van der Waals surface area contributed by atoms with E-state index in [-0.39, 0.29) is 12.2 Å². The fraction of sp³-hybridized carbons (Fsp3) is 0.280. The van der Waals surface area contributed by atoms with Crippen LogP contribution in [0.3, 0.4) is 0 Å². The minimum Gasteiger partial charge on any atom is -0.481 e. The normalized spacial score (nSPS) is 18.7. The monoisotopic (exact) mass is 404 g/mol. The molecule has 4 rings (SSSR count). The molecule has 3 aromatic rings. The number of aliphatic carboxylic acids is 1. The van der Waals surface area contributed by atoms with E-state index in [1.807, 2.05) is 18.2 Å². The molecule has 1 heterocycles. The maximum atomic E-state index is 13.4. The van der Waals surface area contributed by atoms with Crippen molar-refractivity contribution >= 4 is 17.5 Å². The zero-order valence-electron chi connectivity index (χ0n) is 16.7. The van der Waals surface area contributed by atoms with Gasteiger partial charge in [0, 0.05) is 17.7 Å². The van der Waals surface area contributed by atoms with Crippen LogP contribution in [0.4, 0.5) is 15.9 Å². The molecule has 0 spiro atoms. The number of nitrogens with zero attached hydrogens (tertiary/aromatic N) is 1. The number of anilines is 2. The Morgan fingerprint density at radius 1 is 1.00 bits per heavy atom. The van der Waals surface area contributed by atoms with Crippen molar-refractivity contribution in [3.63, 3.8) is 0 Å². The highest BCUT2D eigenvalue weighted by atomic mass is 19.1. The maximum absolute atomic E-state index is 13.4. The Morgan fingerprint density at radius 2 is 1.73 bits per heavy atom. The van der Waals surface area contributed by atoms with E-state index in [0.29, 0.717) is 23.3 Å². The van der Waals surface area contributed by atoms with Gasteiger partial charge in [-0.15, -0.1) is 0 Å². The van der Waals surface area contributed by atoms with Gasteiger partial charge in [-0.05, 0) is 73.4 Å². The summed E-state index contributed by atoms with van der Waals surface area (Å²) in [6, 6.07) is 20.6. The lowest BCUT2D eigenvalue weighted by molar-refractivity contribution is -0.138. The van der Waals surface area contributed by atoms with Crippen LogP contribution < -0.4 is 5.32 Å². The summed E-state index contributed by atoms with van der Waals surface area (Å²) in [5.74, 6) is 0.501. The number of nitrogens with one attached hydrogen (secondary N) is 1. The van der Waals surface area contributed by atoms with E-state index in [9.17, 15) is 9.18 Å². The lowest BCUT2D eigenvalue weighted by atomic mass is 9.77. The molecule has 0 amide bonds. The van der Waals surface area contributed by atoms with Crippen LogP contribution in [0.1, 0.15) is 43.6 Å². The Kier molecular flexibility index (Phi) is 6.07. The molecule has 1 aromatic heterocycles. The summed E-state index contributed by atoms with van der Waals surface area (Å²) in [7, 11) is 0.